The van der Waals surface area contributed by atoms with Gasteiger partial charge in [0, 0.05) is 5.70 Å². The van der Waals surface area contributed by atoms with E-state index in [0.717, 1.165) is 18.5 Å². The van der Waals surface area contributed by atoms with Gasteiger partial charge in [0.25, 0.3) is 0 Å². The monoisotopic (exact) mass is 149 g/mol. The lowest BCUT2D eigenvalue weighted by Gasteiger charge is -2.07. The van der Waals surface area contributed by atoms with Crippen molar-refractivity contribution in [3.05, 3.63) is 23.4 Å². The van der Waals surface area contributed by atoms with Gasteiger partial charge < -0.3 is 5.32 Å². The summed E-state index contributed by atoms with van der Waals surface area (Å²) >= 11 is 0. The van der Waals surface area contributed by atoms with E-state index in [-0.39, 0.29) is 11.8 Å². The maximum Gasteiger partial charge on any atom is 0.231 e. The molecule has 1 heterocycles. The van der Waals surface area contributed by atoms with Crippen molar-refractivity contribution in [1.82, 2.24) is 5.32 Å². The zero-order chi connectivity index (χ0) is 7.84. The molecule has 1 aliphatic carbocycles. The summed E-state index contributed by atoms with van der Waals surface area (Å²) in [5.74, 6) is 0.214. The summed E-state index contributed by atoms with van der Waals surface area (Å²) in [4.78, 5) is 11.1. The van der Waals surface area contributed by atoms with Gasteiger partial charge in [-0.25, -0.2) is 0 Å². The van der Waals surface area contributed by atoms with Crippen molar-refractivity contribution in [3.63, 3.8) is 0 Å². The molecule has 0 saturated carbocycles. The molecule has 0 bridgehead atoms. The Labute approximate surface area is 66.0 Å². The normalized spacial score (nSPS) is 28.8. The molecule has 2 rings (SSSR count). The van der Waals surface area contributed by atoms with Crippen LogP contribution in [0.3, 0.4) is 0 Å². The Morgan fingerprint density at radius 1 is 1.45 bits per heavy atom. The first-order valence-corrected chi connectivity index (χ1v) is 4.00. The Kier molecular flexibility index (Phi) is 1.34. The average molecular weight is 149 g/mol. The van der Waals surface area contributed by atoms with Crippen molar-refractivity contribution in [2.45, 2.75) is 19.8 Å². The van der Waals surface area contributed by atoms with E-state index in [9.17, 15) is 4.79 Å². The number of carbonyl (C=O) groups excluding carboxylic acids is 1. The summed E-state index contributed by atoms with van der Waals surface area (Å²) in [6, 6.07) is 0. The van der Waals surface area contributed by atoms with Crippen molar-refractivity contribution in [2.75, 3.05) is 0 Å². The second-order valence-electron chi connectivity index (χ2n) is 3.07. The quantitative estimate of drug-likeness (QED) is 0.553. The maximum absolute atomic E-state index is 11.1. The van der Waals surface area contributed by atoms with Gasteiger partial charge in [0.1, 0.15) is 0 Å². The van der Waals surface area contributed by atoms with Crippen LogP contribution in [0.1, 0.15) is 19.8 Å². The summed E-state index contributed by atoms with van der Waals surface area (Å²) in [6.45, 7) is 1.95. The molecule has 1 aliphatic heterocycles. The van der Waals surface area contributed by atoms with E-state index in [4.69, 9.17) is 0 Å². The molecule has 1 atom stereocenters. The molecule has 0 aromatic heterocycles. The highest BCUT2D eigenvalue weighted by Crippen LogP contribution is 2.29. The number of fused-ring (bicyclic) bond motifs is 1. The van der Waals surface area contributed by atoms with Crippen LogP contribution < -0.4 is 5.32 Å². The highest BCUT2D eigenvalue weighted by molar-refractivity contribution is 5.89. The number of rotatable bonds is 0. The second kappa shape index (κ2) is 2.22. The van der Waals surface area contributed by atoms with E-state index < -0.39 is 0 Å². The molecular formula is C9H11NO. The van der Waals surface area contributed by atoms with E-state index in [2.05, 4.69) is 17.5 Å². The predicted octanol–water partition coefficient (Wildman–Crippen LogP) is 1.36. The predicted molar refractivity (Wildman–Crippen MR) is 42.7 cm³/mol. The van der Waals surface area contributed by atoms with Crippen LogP contribution in [-0.4, -0.2) is 5.91 Å². The largest absolute Gasteiger partial charge is 0.326 e. The fourth-order valence-electron chi connectivity index (χ4n) is 1.61. The van der Waals surface area contributed by atoms with Crippen LogP contribution in [0.4, 0.5) is 0 Å². The van der Waals surface area contributed by atoms with Crippen molar-refractivity contribution >= 4 is 5.91 Å². The minimum Gasteiger partial charge on any atom is -0.326 e. The molecule has 2 heteroatoms. The van der Waals surface area contributed by atoms with Gasteiger partial charge in [-0.2, -0.15) is 0 Å². The standard InChI is InChI=1S/C9H11NO/c1-6-7-4-2-3-5-8(7)10-9(6)11/h4-6H,2-3H2,1H3,(H,10,11). The number of hydrogen-bond donors (Lipinski definition) is 1. The Morgan fingerprint density at radius 2 is 2.18 bits per heavy atom. The Bertz CT molecular complexity index is 263. The Balaban J connectivity index is 2.39. The number of amides is 1. The van der Waals surface area contributed by atoms with Crippen molar-refractivity contribution in [1.29, 1.82) is 0 Å². The van der Waals surface area contributed by atoms with Gasteiger partial charge in [-0.3, -0.25) is 4.79 Å². The summed E-state index contributed by atoms with van der Waals surface area (Å²) in [6.07, 6.45) is 6.42. The highest BCUT2D eigenvalue weighted by Gasteiger charge is 2.29. The second-order valence-corrected chi connectivity index (χ2v) is 3.07. The topological polar surface area (TPSA) is 29.1 Å². The first-order chi connectivity index (χ1) is 5.29. The summed E-state index contributed by atoms with van der Waals surface area (Å²) in [5.41, 5.74) is 2.25. The molecular weight excluding hydrogens is 138 g/mol. The maximum atomic E-state index is 11.1. The van der Waals surface area contributed by atoms with E-state index in [1.807, 2.05) is 6.92 Å². The van der Waals surface area contributed by atoms with Crippen LogP contribution in [0.5, 0.6) is 0 Å². The minimum atomic E-state index is 0.0709. The molecule has 1 N–H and O–H groups in total. The summed E-state index contributed by atoms with van der Waals surface area (Å²) < 4.78 is 0. The lowest BCUT2D eigenvalue weighted by atomic mass is 9.97. The van der Waals surface area contributed by atoms with Gasteiger partial charge in [-0.15, -0.1) is 0 Å². The van der Waals surface area contributed by atoms with E-state index in [0.29, 0.717) is 0 Å². The van der Waals surface area contributed by atoms with Crippen LogP contribution in [-0.2, 0) is 4.79 Å². The molecule has 1 saturated heterocycles. The molecule has 0 aromatic rings. The number of carbonyl (C=O) groups is 1. The lowest BCUT2D eigenvalue weighted by molar-refractivity contribution is -0.121. The van der Waals surface area contributed by atoms with Gasteiger partial charge in [0.2, 0.25) is 5.91 Å². The first kappa shape index (κ1) is 6.65. The number of hydrogen-bond acceptors (Lipinski definition) is 1. The third-order valence-corrected chi connectivity index (χ3v) is 2.31. The van der Waals surface area contributed by atoms with Gasteiger partial charge >= 0.3 is 0 Å². The molecule has 58 valence electrons. The van der Waals surface area contributed by atoms with Crippen molar-refractivity contribution in [3.8, 4) is 0 Å². The van der Waals surface area contributed by atoms with E-state index >= 15 is 0 Å². The van der Waals surface area contributed by atoms with Crippen LogP contribution in [0.25, 0.3) is 0 Å². The molecule has 2 nitrogen and oxygen atoms in total. The molecule has 0 spiro atoms. The molecule has 1 fully saturated rings. The molecule has 0 radical (unpaired) electrons. The zero-order valence-electron chi connectivity index (χ0n) is 6.55. The van der Waals surface area contributed by atoms with Crippen molar-refractivity contribution in [2.24, 2.45) is 5.92 Å². The molecule has 1 unspecified atom stereocenters. The van der Waals surface area contributed by atoms with Crippen molar-refractivity contribution < 1.29 is 4.79 Å². The van der Waals surface area contributed by atoms with E-state index in [1.54, 1.807) is 0 Å². The summed E-state index contributed by atoms with van der Waals surface area (Å²) in [7, 11) is 0. The zero-order valence-corrected chi connectivity index (χ0v) is 6.55. The number of allylic oxidation sites excluding steroid dienone is 3. The third-order valence-electron chi connectivity index (χ3n) is 2.31. The Hall–Kier alpha value is -1.05. The molecule has 0 aromatic carbocycles. The SMILES string of the molecule is CC1C(=O)NC2=CCCC=C21. The fourth-order valence-corrected chi connectivity index (χ4v) is 1.61. The molecule has 2 aliphatic rings. The minimum absolute atomic E-state index is 0.0709. The van der Waals surface area contributed by atoms with Gasteiger partial charge in [0.05, 0.1) is 5.92 Å². The van der Waals surface area contributed by atoms with Crippen LogP contribution >= 0.6 is 0 Å². The van der Waals surface area contributed by atoms with Crippen LogP contribution in [0, 0.1) is 5.92 Å². The highest BCUT2D eigenvalue weighted by atomic mass is 16.2. The lowest BCUT2D eigenvalue weighted by Crippen LogP contribution is -2.16. The van der Waals surface area contributed by atoms with Gasteiger partial charge in [0.15, 0.2) is 0 Å². The smallest absolute Gasteiger partial charge is 0.231 e. The first-order valence-electron chi connectivity index (χ1n) is 4.00. The summed E-state index contributed by atoms with van der Waals surface area (Å²) in [5, 5.41) is 2.86. The van der Waals surface area contributed by atoms with E-state index in [1.165, 1.54) is 5.57 Å². The van der Waals surface area contributed by atoms with Crippen LogP contribution in [0.2, 0.25) is 0 Å². The third kappa shape index (κ3) is 0.897. The average Bonchev–Trinajstić information content (AvgIpc) is 2.30. The molecule has 1 amide bonds. The Morgan fingerprint density at radius 3 is 2.91 bits per heavy atom. The van der Waals surface area contributed by atoms with Gasteiger partial charge in [-0.05, 0) is 25.3 Å². The van der Waals surface area contributed by atoms with Gasteiger partial charge in [-0.1, -0.05) is 12.2 Å². The fraction of sp³-hybridized carbons (Fsp3) is 0.444. The number of nitrogens with one attached hydrogen (secondary N) is 1. The van der Waals surface area contributed by atoms with Crippen LogP contribution in [0.15, 0.2) is 23.4 Å². The molecule has 11 heavy (non-hydrogen) atoms.